The van der Waals surface area contributed by atoms with Crippen molar-refractivity contribution in [2.75, 3.05) is 13.7 Å². The molecule has 1 aliphatic rings. The minimum absolute atomic E-state index is 0.194. The molecule has 37 heavy (non-hydrogen) atoms. The Morgan fingerprint density at radius 2 is 1.89 bits per heavy atom. The van der Waals surface area contributed by atoms with Gasteiger partial charge in [-0.2, -0.15) is 0 Å². The van der Waals surface area contributed by atoms with Crippen LogP contribution in [-0.4, -0.2) is 30.2 Å². The van der Waals surface area contributed by atoms with Crippen molar-refractivity contribution < 1.29 is 23.8 Å². The van der Waals surface area contributed by atoms with Crippen molar-refractivity contribution in [2.24, 2.45) is 4.99 Å². The highest BCUT2D eigenvalue weighted by molar-refractivity contribution is 14.1. The Morgan fingerprint density at radius 3 is 2.51 bits per heavy atom. The van der Waals surface area contributed by atoms with Crippen molar-refractivity contribution in [3.63, 3.8) is 0 Å². The topological polar surface area (TPSA) is 96.2 Å². The summed E-state index contributed by atoms with van der Waals surface area (Å²) in [6.45, 7) is 5.00. The highest BCUT2D eigenvalue weighted by Crippen LogP contribution is 2.32. The standard InChI is InChI=1S/C26H22I2N2O6S/c1-5-35-25(33)21-13(2)29-26-30(22(21)15-6-8-18(34-4)9-7-15)24(32)20(37-26)11-16-10-17(27)12-19(28)23(16)36-14(3)31/h6-12,22H,5H2,1-4H3/b20-11-/t22-/m0/s1. The first-order chi connectivity index (χ1) is 17.6. The number of methoxy groups -OCH3 is 1. The van der Waals surface area contributed by atoms with Crippen LogP contribution in [0.5, 0.6) is 11.5 Å². The lowest BCUT2D eigenvalue weighted by Crippen LogP contribution is -2.39. The van der Waals surface area contributed by atoms with Crippen LogP contribution >= 0.6 is 56.5 Å². The van der Waals surface area contributed by atoms with Gasteiger partial charge in [-0.3, -0.25) is 14.2 Å². The van der Waals surface area contributed by atoms with Crippen molar-refractivity contribution in [1.82, 2.24) is 4.57 Å². The van der Waals surface area contributed by atoms with Gasteiger partial charge in [0.05, 0.1) is 39.1 Å². The molecule has 0 radical (unpaired) electrons. The van der Waals surface area contributed by atoms with Gasteiger partial charge >= 0.3 is 11.9 Å². The number of nitrogens with zero attached hydrogens (tertiary/aromatic N) is 2. The maximum Gasteiger partial charge on any atom is 0.338 e. The molecule has 192 valence electrons. The van der Waals surface area contributed by atoms with E-state index < -0.39 is 18.0 Å². The van der Waals surface area contributed by atoms with E-state index in [4.69, 9.17) is 14.2 Å². The first-order valence-electron chi connectivity index (χ1n) is 11.2. The van der Waals surface area contributed by atoms with Crippen molar-refractivity contribution in [2.45, 2.75) is 26.8 Å². The van der Waals surface area contributed by atoms with Crippen molar-refractivity contribution in [1.29, 1.82) is 0 Å². The summed E-state index contributed by atoms with van der Waals surface area (Å²) in [6, 6.07) is 10.2. The van der Waals surface area contributed by atoms with Crippen LogP contribution in [0.15, 0.2) is 57.5 Å². The molecule has 4 rings (SSSR count). The molecule has 0 aliphatic carbocycles. The highest BCUT2D eigenvalue weighted by atomic mass is 127. The summed E-state index contributed by atoms with van der Waals surface area (Å²) in [7, 11) is 1.57. The lowest BCUT2D eigenvalue weighted by molar-refractivity contribution is -0.139. The Morgan fingerprint density at radius 1 is 1.19 bits per heavy atom. The van der Waals surface area contributed by atoms with E-state index >= 15 is 0 Å². The van der Waals surface area contributed by atoms with Crippen LogP contribution in [0.25, 0.3) is 6.08 Å². The third kappa shape index (κ3) is 5.67. The van der Waals surface area contributed by atoms with Gasteiger partial charge in [-0.15, -0.1) is 0 Å². The second-order valence-corrected chi connectivity index (χ2v) is 11.4. The molecule has 8 nitrogen and oxygen atoms in total. The number of fused-ring (bicyclic) bond motifs is 1. The molecule has 0 fully saturated rings. The fourth-order valence-corrected chi connectivity index (χ4v) is 7.01. The molecule has 3 aromatic rings. The maximum atomic E-state index is 13.8. The third-order valence-electron chi connectivity index (χ3n) is 5.52. The zero-order valence-corrected chi connectivity index (χ0v) is 25.5. The summed E-state index contributed by atoms with van der Waals surface area (Å²) < 4.78 is 19.7. The molecule has 1 aliphatic heterocycles. The number of allylic oxidation sites excluding steroid dienone is 1. The van der Waals surface area contributed by atoms with Gasteiger partial charge in [-0.25, -0.2) is 9.79 Å². The minimum atomic E-state index is -0.729. The average molecular weight is 744 g/mol. The van der Waals surface area contributed by atoms with E-state index in [2.05, 4.69) is 50.2 Å². The SMILES string of the molecule is CCOC(=O)C1=C(C)N=c2s/c(=C\c3cc(I)cc(I)c3OC(C)=O)c(=O)n2[C@H]1c1ccc(OC)cc1. The molecule has 1 aromatic heterocycles. The Bertz CT molecular complexity index is 1610. The van der Waals surface area contributed by atoms with Crippen molar-refractivity contribution in [3.8, 4) is 11.5 Å². The van der Waals surface area contributed by atoms with Gasteiger partial charge < -0.3 is 14.2 Å². The molecule has 0 saturated heterocycles. The second-order valence-electron chi connectivity index (χ2n) is 7.98. The van der Waals surface area contributed by atoms with Gasteiger partial charge in [0.15, 0.2) is 10.6 Å². The largest absolute Gasteiger partial charge is 0.497 e. The number of thiazole rings is 1. The van der Waals surface area contributed by atoms with Crippen LogP contribution in [0.4, 0.5) is 0 Å². The first-order valence-corrected chi connectivity index (χ1v) is 14.1. The summed E-state index contributed by atoms with van der Waals surface area (Å²) in [5.41, 5.74) is 1.78. The molecule has 2 heterocycles. The summed E-state index contributed by atoms with van der Waals surface area (Å²) in [6.07, 6.45) is 1.70. The fourth-order valence-electron chi connectivity index (χ4n) is 3.97. The van der Waals surface area contributed by atoms with Crippen LogP contribution in [-0.2, 0) is 14.3 Å². The number of hydrogen-bond acceptors (Lipinski definition) is 8. The van der Waals surface area contributed by atoms with Crippen LogP contribution in [0.2, 0.25) is 0 Å². The number of hydrogen-bond donors (Lipinski definition) is 0. The van der Waals surface area contributed by atoms with E-state index in [9.17, 15) is 14.4 Å². The third-order valence-corrected chi connectivity index (χ3v) is 7.93. The first kappa shape index (κ1) is 27.5. The monoisotopic (exact) mass is 744 g/mol. The van der Waals surface area contributed by atoms with Gasteiger partial charge in [-0.1, -0.05) is 23.5 Å². The summed E-state index contributed by atoms with van der Waals surface area (Å²) in [5.74, 6) is 0.0582. The van der Waals surface area contributed by atoms with Gasteiger partial charge in [0.25, 0.3) is 5.56 Å². The second kappa shape index (κ2) is 11.5. The number of carbonyl (C=O) groups excluding carboxylic acids is 2. The molecule has 1 atom stereocenters. The Labute approximate surface area is 243 Å². The molecular weight excluding hydrogens is 722 g/mol. The smallest absolute Gasteiger partial charge is 0.338 e. The minimum Gasteiger partial charge on any atom is -0.497 e. The van der Waals surface area contributed by atoms with Crippen LogP contribution < -0.4 is 24.4 Å². The fraction of sp³-hybridized carbons (Fsp3) is 0.231. The molecule has 0 bridgehead atoms. The number of esters is 2. The van der Waals surface area contributed by atoms with Gasteiger partial charge in [-0.05, 0) is 94.9 Å². The predicted molar refractivity (Wildman–Crippen MR) is 157 cm³/mol. The molecule has 0 N–H and O–H groups in total. The van der Waals surface area contributed by atoms with Crippen molar-refractivity contribution >= 4 is 74.5 Å². The Hall–Kier alpha value is -2.52. The van der Waals surface area contributed by atoms with E-state index in [1.807, 2.05) is 24.3 Å². The number of ether oxygens (including phenoxy) is 3. The van der Waals surface area contributed by atoms with Crippen LogP contribution in [0, 0.1) is 7.14 Å². The lowest BCUT2D eigenvalue weighted by atomic mass is 9.96. The maximum absolute atomic E-state index is 13.8. The number of aromatic nitrogens is 1. The van der Waals surface area contributed by atoms with E-state index in [1.165, 1.54) is 22.8 Å². The van der Waals surface area contributed by atoms with Gasteiger partial charge in [0.2, 0.25) is 0 Å². The molecule has 0 unspecified atom stereocenters. The molecular formula is C26H22I2N2O6S. The molecule has 0 saturated carbocycles. The summed E-state index contributed by atoms with van der Waals surface area (Å²) >= 11 is 5.48. The van der Waals surface area contributed by atoms with Gasteiger partial charge in [0.1, 0.15) is 5.75 Å². The molecule has 0 amide bonds. The quantitative estimate of drug-likeness (QED) is 0.216. The van der Waals surface area contributed by atoms with E-state index in [1.54, 1.807) is 39.2 Å². The normalized spacial score (nSPS) is 15.2. The molecule has 11 heteroatoms. The van der Waals surface area contributed by atoms with E-state index in [0.717, 1.165) is 12.7 Å². The highest BCUT2D eigenvalue weighted by Gasteiger charge is 2.33. The Kier molecular flexibility index (Phi) is 8.53. The van der Waals surface area contributed by atoms with E-state index in [-0.39, 0.29) is 12.2 Å². The Balaban J connectivity index is 1.97. The van der Waals surface area contributed by atoms with E-state index in [0.29, 0.717) is 37.7 Å². The average Bonchev–Trinajstić information content (AvgIpc) is 3.14. The zero-order chi connectivity index (χ0) is 26.9. The van der Waals surface area contributed by atoms with Crippen molar-refractivity contribution in [3.05, 3.63) is 85.6 Å². The van der Waals surface area contributed by atoms with Crippen LogP contribution in [0.1, 0.15) is 37.9 Å². The van der Waals surface area contributed by atoms with Gasteiger partial charge in [0, 0.05) is 16.1 Å². The summed E-state index contributed by atoms with van der Waals surface area (Å²) in [5, 5.41) is 0. The number of rotatable bonds is 6. The number of benzene rings is 2. The molecule has 2 aromatic carbocycles. The lowest BCUT2D eigenvalue weighted by Gasteiger charge is -2.24. The summed E-state index contributed by atoms with van der Waals surface area (Å²) in [4.78, 5) is 43.6. The van der Waals surface area contributed by atoms with Crippen LogP contribution in [0.3, 0.4) is 0 Å². The predicted octanol–water partition coefficient (Wildman–Crippen LogP) is 3.94. The number of carbonyl (C=O) groups is 2. The number of halogens is 2. The zero-order valence-electron chi connectivity index (χ0n) is 20.3. The molecule has 0 spiro atoms.